The molecule has 1 saturated heterocycles. The number of β-amino-alcohol motifs (C(OH)–C–C–N with tert-alkyl or cyclic N) is 1. The molecule has 1 aromatic rings. The van der Waals surface area contributed by atoms with Crippen molar-refractivity contribution in [1.29, 1.82) is 0 Å². The molecule has 20 heavy (non-hydrogen) atoms. The van der Waals surface area contributed by atoms with Gasteiger partial charge in [-0.05, 0) is 47.8 Å². The first-order valence-corrected chi connectivity index (χ1v) is 7.08. The largest absolute Gasteiger partial charge is 0.409 e. The van der Waals surface area contributed by atoms with E-state index < -0.39 is 11.4 Å². The van der Waals surface area contributed by atoms with Crippen molar-refractivity contribution in [2.24, 2.45) is 10.9 Å². The molecule has 7 heteroatoms. The Morgan fingerprint density at radius 3 is 2.85 bits per heavy atom. The summed E-state index contributed by atoms with van der Waals surface area (Å²) in [6.45, 7) is 2.80. The standard InChI is InChI=1S/C13H17BrFN3O2/c1-13(19)5-2-6-18(7-13)9-4-3-8(12(16)17-20)10(14)11(9)15/h3-4,19-20H,2,5-7H2,1H3,(H2,16,17). The van der Waals surface area contributed by atoms with Crippen LogP contribution in [-0.4, -0.2) is 34.8 Å². The number of oxime groups is 1. The number of hydrogen-bond acceptors (Lipinski definition) is 4. The predicted molar refractivity (Wildman–Crippen MR) is 78.7 cm³/mol. The first kappa shape index (κ1) is 15.1. The lowest BCUT2D eigenvalue weighted by Gasteiger charge is -2.38. The lowest BCUT2D eigenvalue weighted by atomic mass is 9.94. The minimum Gasteiger partial charge on any atom is -0.409 e. The SMILES string of the molecule is CC1(O)CCCN(c2ccc(/C(N)=N/O)c(Br)c2F)C1. The van der Waals surface area contributed by atoms with Crippen LogP contribution in [0.3, 0.4) is 0 Å². The van der Waals surface area contributed by atoms with Gasteiger partial charge in [-0.15, -0.1) is 0 Å². The molecule has 2 rings (SSSR count). The second kappa shape index (κ2) is 5.57. The van der Waals surface area contributed by atoms with E-state index in [1.807, 2.05) is 0 Å². The molecule has 0 amide bonds. The molecule has 110 valence electrons. The molecule has 4 N–H and O–H groups in total. The highest BCUT2D eigenvalue weighted by atomic mass is 79.9. The Kier molecular flexibility index (Phi) is 4.19. The van der Waals surface area contributed by atoms with Crippen LogP contribution in [0.4, 0.5) is 10.1 Å². The normalized spacial score (nSPS) is 24.0. The van der Waals surface area contributed by atoms with Crippen LogP contribution in [0.2, 0.25) is 0 Å². The Labute approximate surface area is 125 Å². The number of nitrogens with two attached hydrogens (primary N) is 1. The summed E-state index contributed by atoms with van der Waals surface area (Å²) in [4.78, 5) is 1.81. The fourth-order valence-electron chi connectivity index (χ4n) is 2.46. The number of piperidine rings is 1. The van der Waals surface area contributed by atoms with Gasteiger partial charge in [0.15, 0.2) is 11.7 Å². The van der Waals surface area contributed by atoms with Gasteiger partial charge in [0.25, 0.3) is 0 Å². The van der Waals surface area contributed by atoms with E-state index in [-0.39, 0.29) is 15.9 Å². The third-order valence-electron chi connectivity index (χ3n) is 3.46. The smallest absolute Gasteiger partial charge is 0.171 e. The highest BCUT2D eigenvalue weighted by molar-refractivity contribution is 9.10. The Balaban J connectivity index is 2.37. The number of aliphatic hydroxyl groups is 1. The zero-order valence-electron chi connectivity index (χ0n) is 11.1. The molecule has 5 nitrogen and oxygen atoms in total. The highest BCUT2D eigenvalue weighted by Crippen LogP contribution is 2.32. The molecule has 0 radical (unpaired) electrons. The van der Waals surface area contributed by atoms with Crippen molar-refractivity contribution in [2.45, 2.75) is 25.4 Å². The Morgan fingerprint density at radius 1 is 1.55 bits per heavy atom. The van der Waals surface area contributed by atoms with E-state index in [2.05, 4.69) is 21.1 Å². The van der Waals surface area contributed by atoms with Gasteiger partial charge in [0, 0.05) is 18.7 Å². The van der Waals surface area contributed by atoms with Crippen LogP contribution in [0.15, 0.2) is 21.8 Å². The van der Waals surface area contributed by atoms with Crippen LogP contribution in [-0.2, 0) is 0 Å². The average molecular weight is 346 g/mol. The van der Waals surface area contributed by atoms with Gasteiger partial charge in [-0.1, -0.05) is 5.16 Å². The third-order valence-corrected chi connectivity index (χ3v) is 4.24. The van der Waals surface area contributed by atoms with Crippen molar-refractivity contribution in [2.75, 3.05) is 18.0 Å². The molecular weight excluding hydrogens is 329 g/mol. The van der Waals surface area contributed by atoms with Crippen LogP contribution in [0.25, 0.3) is 0 Å². The first-order valence-electron chi connectivity index (χ1n) is 6.29. The van der Waals surface area contributed by atoms with Gasteiger partial charge in [-0.25, -0.2) is 4.39 Å². The summed E-state index contributed by atoms with van der Waals surface area (Å²) in [6.07, 6.45) is 1.50. The lowest BCUT2D eigenvalue weighted by molar-refractivity contribution is 0.0447. The monoisotopic (exact) mass is 345 g/mol. The van der Waals surface area contributed by atoms with Crippen molar-refractivity contribution in [1.82, 2.24) is 0 Å². The van der Waals surface area contributed by atoms with Gasteiger partial charge in [0.1, 0.15) is 0 Å². The number of hydrogen-bond donors (Lipinski definition) is 3. The van der Waals surface area contributed by atoms with Crippen LogP contribution >= 0.6 is 15.9 Å². The molecule has 0 saturated carbocycles. The fraction of sp³-hybridized carbons (Fsp3) is 0.462. The zero-order valence-corrected chi connectivity index (χ0v) is 12.7. The van der Waals surface area contributed by atoms with Gasteiger partial charge in [0.05, 0.1) is 15.8 Å². The van der Waals surface area contributed by atoms with E-state index in [0.29, 0.717) is 25.2 Å². The number of anilines is 1. The molecule has 1 unspecified atom stereocenters. The van der Waals surface area contributed by atoms with E-state index in [1.54, 1.807) is 24.0 Å². The van der Waals surface area contributed by atoms with Crippen LogP contribution in [0, 0.1) is 5.82 Å². The van der Waals surface area contributed by atoms with Crippen molar-refractivity contribution in [3.63, 3.8) is 0 Å². The van der Waals surface area contributed by atoms with Crippen molar-refractivity contribution in [3.05, 3.63) is 28.0 Å². The Bertz CT molecular complexity index is 549. The maximum atomic E-state index is 14.4. The molecule has 1 aliphatic heterocycles. The van der Waals surface area contributed by atoms with Crippen LogP contribution in [0.1, 0.15) is 25.3 Å². The van der Waals surface area contributed by atoms with Gasteiger partial charge in [-0.2, -0.15) is 0 Å². The number of amidine groups is 1. The summed E-state index contributed by atoms with van der Waals surface area (Å²) < 4.78 is 14.6. The number of halogens is 2. The zero-order chi connectivity index (χ0) is 14.9. The molecule has 0 aliphatic carbocycles. The molecular formula is C13H17BrFN3O2. The van der Waals surface area contributed by atoms with E-state index >= 15 is 0 Å². The number of nitrogens with zero attached hydrogens (tertiary/aromatic N) is 2. The predicted octanol–water partition coefficient (Wildman–Crippen LogP) is 2.03. The Morgan fingerprint density at radius 2 is 2.25 bits per heavy atom. The second-order valence-electron chi connectivity index (χ2n) is 5.27. The lowest BCUT2D eigenvalue weighted by Crippen LogP contribution is -2.46. The highest BCUT2D eigenvalue weighted by Gasteiger charge is 2.30. The summed E-state index contributed by atoms with van der Waals surface area (Å²) in [5.74, 6) is -0.639. The average Bonchev–Trinajstić information content (AvgIpc) is 2.39. The maximum absolute atomic E-state index is 14.4. The minimum absolute atomic E-state index is 0.149. The van der Waals surface area contributed by atoms with Crippen molar-refractivity contribution >= 4 is 27.5 Å². The number of benzene rings is 1. The van der Waals surface area contributed by atoms with Crippen molar-refractivity contribution < 1.29 is 14.7 Å². The van der Waals surface area contributed by atoms with E-state index in [9.17, 15) is 9.50 Å². The molecule has 1 atom stereocenters. The second-order valence-corrected chi connectivity index (χ2v) is 6.06. The summed E-state index contributed by atoms with van der Waals surface area (Å²) in [6, 6.07) is 3.16. The molecule has 0 aromatic heterocycles. The first-order chi connectivity index (χ1) is 9.35. The fourth-order valence-corrected chi connectivity index (χ4v) is 3.00. The maximum Gasteiger partial charge on any atom is 0.171 e. The Hall–Kier alpha value is -1.34. The van der Waals surface area contributed by atoms with E-state index in [1.165, 1.54) is 0 Å². The summed E-state index contributed by atoms with van der Waals surface area (Å²) in [5, 5.41) is 21.6. The quantitative estimate of drug-likeness (QED) is 0.331. The van der Waals surface area contributed by atoms with Crippen molar-refractivity contribution in [3.8, 4) is 0 Å². The summed E-state index contributed by atoms with van der Waals surface area (Å²) in [5.41, 5.74) is 5.35. The summed E-state index contributed by atoms with van der Waals surface area (Å²) >= 11 is 3.13. The molecule has 1 heterocycles. The summed E-state index contributed by atoms with van der Waals surface area (Å²) in [7, 11) is 0. The van der Waals surface area contributed by atoms with Gasteiger partial charge >= 0.3 is 0 Å². The molecule has 0 spiro atoms. The van der Waals surface area contributed by atoms with Gasteiger partial charge in [0.2, 0.25) is 0 Å². The van der Waals surface area contributed by atoms with E-state index in [4.69, 9.17) is 10.9 Å². The molecule has 1 aliphatic rings. The van der Waals surface area contributed by atoms with Gasteiger partial charge in [-0.3, -0.25) is 0 Å². The third kappa shape index (κ3) is 2.88. The molecule has 1 fully saturated rings. The molecule has 1 aromatic carbocycles. The van der Waals surface area contributed by atoms with E-state index in [0.717, 1.165) is 6.42 Å². The topological polar surface area (TPSA) is 82.1 Å². The number of rotatable bonds is 2. The van der Waals surface area contributed by atoms with Crippen LogP contribution in [0.5, 0.6) is 0 Å². The van der Waals surface area contributed by atoms with Crippen LogP contribution < -0.4 is 10.6 Å². The minimum atomic E-state index is -0.818. The molecule has 0 bridgehead atoms. The van der Waals surface area contributed by atoms with Gasteiger partial charge < -0.3 is 20.9 Å².